The molecule has 0 bridgehead atoms. The summed E-state index contributed by atoms with van der Waals surface area (Å²) in [5.74, 6) is 0.111. The normalized spacial score (nSPS) is 18.1. The smallest absolute Gasteiger partial charge is 0.272 e. The van der Waals surface area contributed by atoms with Gasteiger partial charge in [-0.3, -0.25) is 14.5 Å². The number of anilines is 1. The van der Waals surface area contributed by atoms with Crippen molar-refractivity contribution in [2.45, 2.75) is 31.7 Å². The molecule has 1 aromatic carbocycles. The van der Waals surface area contributed by atoms with Gasteiger partial charge in [0.15, 0.2) is 0 Å². The van der Waals surface area contributed by atoms with Crippen LogP contribution in [0, 0.1) is 0 Å². The maximum absolute atomic E-state index is 13.1. The maximum atomic E-state index is 13.1. The number of hydrogen-bond donors (Lipinski definition) is 0. The third kappa shape index (κ3) is 3.03. The Morgan fingerprint density at radius 2 is 1.75 bits per heavy atom. The Bertz CT molecular complexity index is 978. The van der Waals surface area contributed by atoms with Crippen LogP contribution in [0.5, 0.6) is 0 Å². The molecule has 0 spiro atoms. The fourth-order valence-corrected chi connectivity index (χ4v) is 4.59. The number of fused-ring (bicyclic) bond motifs is 1. The lowest BCUT2D eigenvalue weighted by atomic mass is 10.1. The lowest BCUT2D eigenvalue weighted by Gasteiger charge is -2.36. The summed E-state index contributed by atoms with van der Waals surface area (Å²) < 4.78 is 1.97. The summed E-state index contributed by atoms with van der Waals surface area (Å²) in [5, 5.41) is 6.83. The number of pyridine rings is 1. The van der Waals surface area contributed by atoms with Gasteiger partial charge in [-0.25, -0.2) is 0 Å². The third-order valence-electron chi connectivity index (χ3n) is 6.11. The van der Waals surface area contributed by atoms with Crippen LogP contribution in [0.3, 0.4) is 0 Å². The van der Waals surface area contributed by atoms with E-state index in [1.807, 2.05) is 34.1 Å². The van der Waals surface area contributed by atoms with Crippen molar-refractivity contribution >= 4 is 22.4 Å². The van der Waals surface area contributed by atoms with E-state index >= 15 is 0 Å². The number of carbonyl (C=O) groups is 1. The van der Waals surface area contributed by atoms with Crippen LogP contribution in [-0.2, 0) is 0 Å². The van der Waals surface area contributed by atoms with E-state index < -0.39 is 0 Å². The summed E-state index contributed by atoms with van der Waals surface area (Å²) >= 11 is 0. The number of hydrogen-bond acceptors (Lipinski definition) is 4. The Morgan fingerprint density at radius 1 is 0.964 bits per heavy atom. The summed E-state index contributed by atoms with van der Waals surface area (Å²) in [6.45, 7) is 3.08. The molecule has 1 saturated carbocycles. The number of amides is 1. The van der Waals surface area contributed by atoms with E-state index in [2.05, 4.69) is 33.2 Å². The van der Waals surface area contributed by atoms with Crippen molar-refractivity contribution in [1.82, 2.24) is 19.7 Å². The van der Waals surface area contributed by atoms with Crippen LogP contribution in [-0.4, -0.2) is 51.8 Å². The van der Waals surface area contributed by atoms with E-state index in [4.69, 9.17) is 0 Å². The molecular formula is C22H25N5O. The van der Waals surface area contributed by atoms with Gasteiger partial charge in [0.1, 0.15) is 5.69 Å². The van der Waals surface area contributed by atoms with Gasteiger partial charge in [0.2, 0.25) is 0 Å². The van der Waals surface area contributed by atoms with E-state index in [0.29, 0.717) is 6.04 Å². The highest BCUT2D eigenvalue weighted by Crippen LogP contribution is 2.30. The lowest BCUT2D eigenvalue weighted by molar-refractivity contribution is 0.0731. The van der Waals surface area contributed by atoms with Crippen molar-refractivity contribution in [3.05, 3.63) is 54.6 Å². The Kier molecular flexibility index (Phi) is 4.47. The summed E-state index contributed by atoms with van der Waals surface area (Å²) in [6.07, 6.45) is 10.3. The van der Waals surface area contributed by atoms with Crippen LogP contribution in [0.2, 0.25) is 0 Å². The highest BCUT2D eigenvalue weighted by Gasteiger charge is 2.28. The topological polar surface area (TPSA) is 54.3 Å². The second-order valence-electron chi connectivity index (χ2n) is 7.76. The van der Waals surface area contributed by atoms with Crippen molar-refractivity contribution in [3.63, 3.8) is 0 Å². The predicted octanol–water partition coefficient (Wildman–Crippen LogP) is 3.51. The number of carbonyl (C=O) groups excluding carboxylic acids is 1. The second kappa shape index (κ2) is 7.26. The Labute approximate surface area is 164 Å². The van der Waals surface area contributed by atoms with Crippen molar-refractivity contribution in [3.8, 4) is 0 Å². The van der Waals surface area contributed by atoms with Crippen molar-refractivity contribution < 1.29 is 4.79 Å². The van der Waals surface area contributed by atoms with Crippen LogP contribution in [0.1, 0.15) is 42.2 Å². The van der Waals surface area contributed by atoms with Crippen LogP contribution in [0.15, 0.2) is 48.9 Å². The Hall–Kier alpha value is -2.89. The molecule has 1 amide bonds. The molecule has 3 aromatic rings. The minimum Gasteiger partial charge on any atom is -0.366 e. The van der Waals surface area contributed by atoms with Gasteiger partial charge < -0.3 is 9.80 Å². The summed E-state index contributed by atoms with van der Waals surface area (Å²) in [4.78, 5) is 21.8. The molecule has 1 aliphatic carbocycles. The molecule has 1 aliphatic heterocycles. The molecule has 6 heteroatoms. The molecule has 0 unspecified atom stereocenters. The largest absolute Gasteiger partial charge is 0.366 e. The minimum atomic E-state index is 0.111. The maximum Gasteiger partial charge on any atom is 0.272 e. The van der Waals surface area contributed by atoms with Crippen LogP contribution in [0.25, 0.3) is 10.8 Å². The Balaban J connectivity index is 1.31. The van der Waals surface area contributed by atoms with Gasteiger partial charge in [0.25, 0.3) is 5.91 Å². The zero-order valence-corrected chi connectivity index (χ0v) is 16.0. The molecule has 5 rings (SSSR count). The number of piperazine rings is 1. The van der Waals surface area contributed by atoms with Crippen molar-refractivity contribution in [2.24, 2.45) is 0 Å². The van der Waals surface area contributed by atoms with E-state index in [0.717, 1.165) is 55.8 Å². The molecule has 3 heterocycles. The summed E-state index contributed by atoms with van der Waals surface area (Å²) in [5.41, 5.74) is 1.90. The SMILES string of the molecule is O=C(c1ccnn1C1CCCC1)N1CCN(c2cncc3ccccc23)CC1. The summed E-state index contributed by atoms with van der Waals surface area (Å²) in [7, 11) is 0. The fraction of sp³-hybridized carbons (Fsp3) is 0.409. The zero-order chi connectivity index (χ0) is 18.9. The molecule has 0 atom stereocenters. The number of benzene rings is 1. The standard InChI is InChI=1S/C22H25N5O/c28-22(20-9-10-24-27(20)18-6-2-3-7-18)26-13-11-25(12-14-26)21-16-23-15-17-5-1-4-8-19(17)21/h1,4-5,8-10,15-16,18H,2-3,6-7,11-14H2. The molecule has 6 nitrogen and oxygen atoms in total. The van der Waals surface area contributed by atoms with Gasteiger partial charge in [-0.1, -0.05) is 37.1 Å². The van der Waals surface area contributed by atoms with Crippen LogP contribution in [0.4, 0.5) is 5.69 Å². The molecule has 144 valence electrons. The second-order valence-corrected chi connectivity index (χ2v) is 7.76. The first kappa shape index (κ1) is 17.2. The molecule has 2 fully saturated rings. The van der Waals surface area contributed by atoms with Crippen LogP contribution >= 0.6 is 0 Å². The van der Waals surface area contributed by atoms with Gasteiger partial charge in [0, 0.05) is 49.3 Å². The van der Waals surface area contributed by atoms with Gasteiger partial charge in [-0.05, 0) is 18.9 Å². The van der Waals surface area contributed by atoms with Crippen LogP contribution < -0.4 is 4.90 Å². The first-order valence-corrected chi connectivity index (χ1v) is 10.2. The van der Waals surface area contributed by atoms with Crippen molar-refractivity contribution in [2.75, 3.05) is 31.1 Å². The fourth-order valence-electron chi connectivity index (χ4n) is 4.59. The Morgan fingerprint density at radius 3 is 2.57 bits per heavy atom. The molecule has 2 aliphatic rings. The predicted molar refractivity (Wildman–Crippen MR) is 110 cm³/mol. The quantitative estimate of drug-likeness (QED) is 0.703. The van der Waals surface area contributed by atoms with Gasteiger partial charge in [-0.2, -0.15) is 5.10 Å². The highest BCUT2D eigenvalue weighted by atomic mass is 16.2. The average Bonchev–Trinajstić information content (AvgIpc) is 3.44. The lowest BCUT2D eigenvalue weighted by Crippen LogP contribution is -2.49. The average molecular weight is 375 g/mol. The third-order valence-corrected chi connectivity index (χ3v) is 6.11. The monoisotopic (exact) mass is 375 g/mol. The van der Waals surface area contributed by atoms with Gasteiger partial charge in [-0.15, -0.1) is 0 Å². The minimum absolute atomic E-state index is 0.111. The number of rotatable bonds is 3. The van der Waals surface area contributed by atoms with E-state index in [1.165, 1.54) is 18.2 Å². The molecule has 1 saturated heterocycles. The van der Waals surface area contributed by atoms with Gasteiger partial charge >= 0.3 is 0 Å². The first-order valence-electron chi connectivity index (χ1n) is 10.2. The van der Waals surface area contributed by atoms with Crippen molar-refractivity contribution in [1.29, 1.82) is 0 Å². The highest BCUT2D eigenvalue weighted by molar-refractivity contribution is 5.94. The molecule has 0 N–H and O–H groups in total. The molecule has 28 heavy (non-hydrogen) atoms. The molecule has 0 radical (unpaired) electrons. The van der Waals surface area contributed by atoms with Gasteiger partial charge in [0.05, 0.1) is 17.9 Å². The van der Waals surface area contributed by atoms with E-state index in [9.17, 15) is 4.79 Å². The van der Waals surface area contributed by atoms with E-state index in [1.54, 1.807) is 6.20 Å². The van der Waals surface area contributed by atoms with E-state index in [-0.39, 0.29) is 5.91 Å². The zero-order valence-electron chi connectivity index (χ0n) is 16.0. The molecular weight excluding hydrogens is 350 g/mol. The number of aromatic nitrogens is 3. The summed E-state index contributed by atoms with van der Waals surface area (Å²) in [6, 6.07) is 10.6. The molecule has 2 aromatic heterocycles. The number of nitrogens with zero attached hydrogens (tertiary/aromatic N) is 5. The first-order chi connectivity index (χ1) is 13.8.